The molecule has 0 saturated heterocycles. The summed E-state index contributed by atoms with van der Waals surface area (Å²) >= 11 is 3.09. The fourth-order valence-electron chi connectivity index (χ4n) is 2.73. The summed E-state index contributed by atoms with van der Waals surface area (Å²) in [6.45, 7) is 2.16. The van der Waals surface area contributed by atoms with Crippen molar-refractivity contribution >= 4 is 15.9 Å². The van der Waals surface area contributed by atoms with E-state index in [0.717, 1.165) is 12.8 Å². The Labute approximate surface area is 121 Å². The summed E-state index contributed by atoms with van der Waals surface area (Å²) in [5.74, 6) is 0.184. The van der Waals surface area contributed by atoms with Gasteiger partial charge in [-0.2, -0.15) is 5.26 Å². The summed E-state index contributed by atoms with van der Waals surface area (Å²) in [6, 6.07) is 6.85. The Morgan fingerprint density at radius 1 is 1.47 bits per heavy atom. The molecule has 1 N–H and O–H groups in total. The maximum Gasteiger partial charge on any atom is 0.137 e. The minimum Gasteiger partial charge on any atom is -0.387 e. The third kappa shape index (κ3) is 2.82. The molecule has 1 atom stereocenters. The average molecular weight is 326 g/mol. The molecule has 0 aromatic heterocycles. The highest BCUT2D eigenvalue weighted by molar-refractivity contribution is 9.10. The summed E-state index contributed by atoms with van der Waals surface area (Å²) in [5.41, 5.74) is -0.288. The fourth-order valence-corrected chi connectivity index (χ4v) is 2.97. The van der Waals surface area contributed by atoms with E-state index in [1.165, 1.54) is 6.07 Å². The molecule has 1 aromatic carbocycles. The fraction of sp³-hybridized carbons (Fsp3) is 0.533. The van der Waals surface area contributed by atoms with Crippen LogP contribution in [0.2, 0.25) is 0 Å². The van der Waals surface area contributed by atoms with E-state index in [1.54, 1.807) is 12.1 Å². The zero-order chi connectivity index (χ0) is 14.0. The van der Waals surface area contributed by atoms with E-state index in [1.807, 2.05) is 0 Å². The van der Waals surface area contributed by atoms with Gasteiger partial charge in [-0.25, -0.2) is 4.39 Å². The number of aliphatic hydroxyl groups is 1. The Kier molecular flexibility index (Phi) is 4.27. The smallest absolute Gasteiger partial charge is 0.137 e. The monoisotopic (exact) mass is 325 g/mol. The van der Waals surface area contributed by atoms with Crippen molar-refractivity contribution in [2.24, 2.45) is 11.3 Å². The van der Waals surface area contributed by atoms with Crippen LogP contribution in [0.1, 0.15) is 44.3 Å². The van der Waals surface area contributed by atoms with E-state index in [9.17, 15) is 14.8 Å². The van der Waals surface area contributed by atoms with Gasteiger partial charge in [-0.1, -0.05) is 13.0 Å². The lowest BCUT2D eigenvalue weighted by Gasteiger charge is -2.37. The first-order valence-corrected chi connectivity index (χ1v) is 7.32. The molecule has 0 spiro atoms. The number of nitriles is 1. The second-order valence-electron chi connectivity index (χ2n) is 5.53. The van der Waals surface area contributed by atoms with Crippen molar-refractivity contribution in [2.45, 2.75) is 38.7 Å². The summed E-state index contributed by atoms with van der Waals surface area (Å²) in [6.07, 6.45) is 2.29. The number of aliphatic hydroxyl groups excluding tert-OH is 1. The Bertz CT molecular complexity index is 503. The third-order valence-corrected chi connectivity index (χ3v) is 4.82. The Hall–Kier alpha value is -0.920. The van der Waals surface area contributed by atoms with Gasteiger partial charge in [-0.05, 0) is 65.2 Å². The van der Waals surface area contributed by atoms with E-state index in [4.69, 9.17) is 0 Å². The van der Waals surface area contributed by atoms with Gasteiger partial charge < -0.3 is 5.11 Å². The van der Waals surface area contributed by atoms with Gasteiger partial charge in [0, 0.05) is 0 Å². The molecule has 2 rings (SSSR count). The molecule has 19 heavy (non-hydrogen) atoms. The quantitative estimate of drug-likeness (QED) is 0.878. The topological polar surface area (TPSA) is 44.0 Å². The molecule has 1 fully saturated rings. The van der Waals surface area contributed by atoms with E-state index in [-0.39, 0.29) is 0 Å². The molecule has 1 unspecified atom stereocenters. The van der Waals surface area contributed by atoms with Crippen LogP contribution >= 0.6 is 15.9 Å². The van der Waals surface area contributed by atoms with Gasteiger partial charge in [0.25, 0.3) is 0 Å². The molecule has 4 heteroatoms. The van der Waals surface area contributed by atoms with Gasteiger partial charge >= 0.3 is 0 Å². The predicted molar refractivity (Wildman–Crippen MR) is 74.7 cm³/mol. The molecule has 1 saturated carbocycles. The number of benzene rings is 1. The van der Waals surface area contributed by atoms with Crippen molar-refractivity contribution in [3.8, 4) is 6.07 Å². The molecule has 1 aliphatic carbocycles. The summed E-state index contributed by atoms with van der Waals surface area (Å²) in [5, 5.41) is 20.0. The van der Waals surface area contributed by atoms with E-state index >= 15 is 0 Å². The molecule has 0 radical (unpaired) electrons. The van der Waals surface area contributed by atoms with Crippen molar-refractivity contribution in [1.82, 2.24) is 0 Å². The van der Waals surface area contributed by atoms with Crippen molar-refractivity contribution in [2.75, 3.05) is 0 Å². The van der Waals surface area contributed by atoms with E-state index in [0.29, 0.717) is 28.8 Å². The maximum absolute atomic E-state index is 13.6. The molecule has 0 aliphatic heterocycles. The van der Waals surface area contributed by atoms with E-state index in [2.05, 4.69) is 28.9 Å². The number of nitrogens with zero attached hydrogens (tertiary/aromatic N) is 1. The normalized spacial score (nSPS) is 28.7. The number of rotatable bonds is 2. The van der Waals surface area contributed by atoms with Crippen LogP contribution in [0.15, 0.2) is 22.7 Å². The molecule has 1 aliphatic rings. The molecular weight excluding hydrogens is 309 g/mol. The highest BCUT2D eigenvalue weighted by Gasteiger charge is 2.41. The first-order chi connectivity index (χ1) is 8.98. The zero-order valence-electron chi connectivity index (χ0n) is 10.9. The van der Waals surface area contributed by atoms with Crippen LogP contribution in [0.25, 0.3) is 0 Å². The summed E-state index contributed by atoms with van der Waals surface area (Å²) in [7, 11) is 0. The van der Waals surface area contributed by atoms with Crippen LogP contribution in [-0.2, 0) is 0 Å². The Balaban J connectivity index is 2.28. The summed E-state index contributed by atoms with van der Waals surface area (Å²) in [4.78, 5) is 0. The van der Waals surface area contributed by atoms with Gasteiger partial charge in [-0.3, -0.25) is 0 Å². The Morgan fingerprint density at radius 2 is 2.11 bits per heavy atom. The number of hydrogen-bond donors (Lipinski definition) is 1. The van der Waals surface area contributed by atoms with Crippen LogP contribution in [0.3, 0.4) is 0 Å². The second-order valence-corrected chi connectivity index (χ2v) is 6.38. The predicted octanol–water partition coefficient (Wildman–Crippen LogP) is 4.34. The lowest BCUT2D eigenvalue weighted by atomic mass is 9.67. The van der Waals surface area contributed by atoms with Crippen LogP contribution < -0.4 is 0 Å². The van der Waals surface area contributed by atoms with Crippen LogP contribution in [-0.4, -0.2) is 5.11 Å². The molecule has 102 valence electrons. The summed E-state index contributed by atoms with van der Waals surface area (Å²) < 4.78 is 13.9. The van der Waals surface area contributed by atoms with Crippen LogP contribution in [0, 0.1) is 28.5 Å². The third-order valence-electron chi connectivity index (χ3n) is 4.17. The number of hydrogen-bond acceptors (Lipinski definition) is 2. The Morgan fingerprint density at radius 3 is 2.63 bits per heavy atom. The van der Waals surface area contributed by atoms with Crippen molar-refractivity contribution in [1.29, 1.82) is 5.26 Å². The highest BCUT2D eigenvalue weighted by Crippen LogP contribution is 2.47. The van der Waals surface area contributed by atoms with Crippen LogP contribution in [0.4, 0.5) is 4.39 Å². The van der Waals surface area contributed by atoms with Gasteiger partial charge in [0.05, 0.1) is 22.1 Å². The lowest BCUT2D eigenvalue weighted by Crippen LogP contribution is -2.32. The van der Waals surface area contributed by atoms with E-state index < -0.39 is 17.3 Å². The first kappa shape index (κ1) is 14.5. The molecule has 0 heterocycles. The van der Waals surface area contributed by atoms with Crippen LogP contribution in [0.5, 0.6) is 0 Å². The zero-order valence-corrected chi connectivity index (χ0v) is 12.5. The molecule has 0 amide bonds. The van der Waals surface area contributed by atoms with Crippen molar-refractivity contribution in [3.05, 3.63) is 34.1 Å². The largest absolute Gasteiger partial charge is 0.387 e. The second kappa shape index (κ2) is 5.60. The standard InChI is InChI=1S/C15H17BrFNO/c1-10-4-6-15(9-18,7-5-10)14(19)11-2-3-12(16)13(17)8-11/h2-3,8,10,14,19H,4-7H2,1H3. The molecule has 1 aromatic rings. The van der Waals surface area contributed by atoms with Crippen molar-refractivity contribution < 1.29 is 9.50 Å². The minimum absolute atomic E-state index is 0.367. The van der Waals surface area contributed by atoms with Gasteiger partial charge in [-0.15, -0.1) is 0 Å². The minimum atomic E-state index is -0.924. The number of halogens is 2. The van der Waals surface area contributed by atoms with Gasteiger partial charge in [0.2, 0.25) is 0 Å². The molecular formula is C15H17BrFNO. The molecule has 0 bridgehead atoms. The SMILES string of the molecule is CC1CCC(C#N)(C(O)c2ccc(Br)c(F)c2)CC1. The average Bonchev–Trinajstić information content (AvgIpc) is 2.42. The first-order valence-electron chi connectivity index (χ1n) is 6.53. The van der Waals surface area contributed by atoms with Gasteiger partial charge in [0.1, 0.15) is 5.82 Å². The van der Waals surface area contributed by atoms with Crippen molar-refractivity contribution in [3.63, 3.8) is 0 Å². The van der Waals surface area contributed by atoms with Gasteiger partial charge in [0.15, 0.2) is 0 Å². The lowest BCUT2D eigenvalue weighted by molar-refractivity contribution is 0.0264. The highest BCUT2D eigenvalue weighted by atomic mass is 79.9. The maximum atomic E-state index is 13.6. The molecule has 2 nitrogen and oxygen atoms in total.